The molecule has 156 valence electrons. The predicted octanol–water partition coefficient (Wildman–Crippen LogP) is 3.72. The highest BCUT2D eigenvalue weighted by Crippen LogP contribution is 2.28. The molecule has 1 amide bonds. The SMILES string of the molecule is COc1cc(F)ccc1-c1ncnc(Nc2ccc(C(=O)NCC(F)(F)F)cc2)n1. The van der Waals surface area contributed by atoms with Gasteiger partial charge in [-0.2, -0.15) is 18.2 Å². The van der Waals surface area contributed by atoms with E-state index in [1.54, 1.807) is 5.32 Å². The summed E-state index contributed by atoms with van der Waals surface area (Å²) >= 11 is 0. The van der Waals surface area contributed by atoms with Crippen molar-refractivity contribution in [3.05, 3.63) is 60.2 Å². The summed E-state index contributed by atoms with van der Waals surface area (Å²) in [5.74, 6) is -0.651. The average molecular weight is 421 g/mol. The van der Waals surface area contributed by atoms with Crippen molar-refractivity contribution in [1.82, 2.24) is 20.3 Å². The number of nitrogens with zero attached hydrogens (tertiary/aromatic N) is 3. The fourth-order valence-electron chi connectivity index (χ4n) is 2.45. The molecular weight excluding hydrogens is 406 g/mol. The van der Waals surface area contributed by atoms with Gasteiger partial charge in [0, 0.05) is 17.3 Å². The molecule has 7 nitrogen and oxygen atoms in total. The van der Waals surface area contributed by atoms with Crippen molar-refractivity contribution in [2.75, 3.05) is 19.0 Å². The Bertz CT molecular complexity index is 1040. The molecule has 1 aromatic heterocycles. The molecule has 0 atom stereocenters. The largest absolute Gasteiger partial charge is 0.496 e. The summed E-state index contributed by atoms with van der Waals surface area (Å²) in [6.07, 6.45) is -3.23. The Morgan fingerprint density at radius 1 is 1.10 bits per heavy atom. The van der Waals surface area contributed by atoms with E-state index < -0.39 is 24.4 Å². The first-order valence-corrected chi connectivity index (χ1v) is 8.50. The van der Waals surface area contributed by atoms with Crippen LogP contribution >= 0.6 is 0 Å². The van der Waals surface area contributed by atoms with Gasteiger partial charge in [-0.15, -0.1) is 0 Å². The molecule has 3 aromatic rings. The first-order chi connectivity index (χ1) is 14.2. The number of hydrogen-bond donors (Lipinski definition) is 2. The van der Waals surface area contributed by atoms with Crippen molar-refractivity contribution in [3.63, 3.8) is 0 Å². The third-order valence-electron chi connectivity index (χ3n) is 3.83. The summed E-state index contributed by atoms with van der Waals surface area (Å²) in [6, 6.07) is 9.63. The van der Waals surface area contributed by atoms with E-state index in [0.717, 1.165) is 0 Å². The number of halogens is 4. The van der Waals surface area contributed by atoms with Crippen LogP contribution in [0.25, 0.3) is 11.4 Å². The number of rotatable bonds is 6. The van der Waals surface area contributed by atoms with E-state index in [9.17, 15) is 22.4 Å². The van der Waals surface area contributed by atoms with Crippen molar-refractivity contribution < 1.29 is 27.1 Å². The highest BCUT2D eigenvalue weighted by atomic mass is 19.4. The van der Waals surface area contributed by atoms with Crippen LogP contribution in [0.1, 0.15) is 10.4 Å². The quantitative estimate of drug-likeness (QED) is 0.590. The predicted molar refractivity (Wildman–Crippen MR) is 99.9 cm³/mol. The fraction of sp³-hybridized carbons (Fsp3) is 0.158. The lowest BCUT2D eigenvalue weighted by Gasteiger charge is -2.10. The summed E-state index contributed by atoms with van der Waals surface area (Å²) in [7, 11) is 1.39. The average Bonchev–Trinajstić information content (AvgIpc) is 2.72. The van der Waals surface area contributed by atoms with Gasteiger partial charge in [-0.3, -0.25) is 4.79 Å². The van der Waals surface area contributed by atoms with Gasteiger partial charge >= 0.3 is 6.18 Å². The first-order valence-electron chi connectivity index (χ1n) is 8.50. The number of hydrogen-bond acceptors (Lipinski definition) is 6. The van der Waals surface area contributed by atoms with Crippen LogP contribution in [0, 0.1) is 5.82 Å². The number of amides is 1. The van der Waals surface area contributed by atoms with Gasteiger partial charge in [0.05, 0.1) is 12.7 Å². The summed E-state index contributed by atoms with van der Waals surface area (Å²) in [6.45, 7) is -1.41. The van der Waals surface area contributed by atoms with E-state index in [2.05, 4.69) is 20.3 Å². The maximum atomic E-state index is 13.4. The van der Waals surface area contributed by atoms with Crippen LogP contribution in [0.2, 0.25) is 0 Å². The number of benzene rings is 2. The van der Waals surface area contributed by atoms with E-state index in [0.29, 0.717) is 11.3 Å². The van der Waals surface area contributed by atoms with Crippen LogP contribution in [-0.4, -0.2) is 40.7 Å². The van der Waals surface area contributed by atoms with E-state index in [4.69, 9.17) is 4.74 Å². The van der Waals surface area contributed by atoms with Crippen molar-refractivity contribution in [1.29, 1.82) is 0 Å². The maximum Gasteiger partial charge on any atom is 0.405 e. The topological polar surface area (TPSA) is 89.0 Å². The molecule has 0 aliphatic rings. The van der Waals surface area contributed by atoms with E-state index in [1.807, 2.05) is 0 Å². The molecule has 30 heavy (non-hydrogen) atoms. The zero-order valence-corrected chi connectivity index (χ0v) is 15.5. The zero-order valence-electron chi connectivity index (χ0n) is 15.5. The summed E-state index contributed by atoms with van der Waals surface area (Å²) < 4.78 is 55.1. The van der Waals surface area contributed by atoms with Crippen molar-refractivity contribution in [2.45, 2.75) is 6.18 Å². The van der Waals surface area contributed by atoms with Crippen LogP contribution < -0.4 is 15.4 Å². The minimum atomic E-state index is -4.49. The lowest BCUT2D eigenvalue weighted by Crippen LogP contribution is -2.33. The van der Waals surface area contributed by atoms with Crippen LogP contribution in [0.3, 0.4) is 0 Å². The zero-order chi connectivity index (χ0) is 21.7. The smallest absolute Gasteiger partial charge is 0.405 e. The number of alkyl halides is 3. The third kappa shape index (κ3) is 5.40. The molecule has 0 aliphatic carbocycles. The molecule has 0 radical (unpaired) electrons. The van der Waals surface area contributed by atoms with Gasteiger partial charge in [0.25, 0.3) is 5.91 Å². The minimum absolute atomic E-state index is 0.0668. The molecule has 0 saturated heterocycles. The van der Waals surface area contributed by atoms with E-state index in [1.165, 1.54) is 55.9 Å². The van der Waals surface area contributed by atoms with Gasteiger partial charge < -0.3 is 15.4 Å². The Labute approximate surface area is 168 Å². The standard InChI is InChI=1S/C19H15F4N5O2/c1-30-15-8-12(20)4-7-14(15)16-25-10-26-18(28-16)27-13-5-2-11(3-6-13)17(29)24-9-19(21,22)23/h2-8,10H,9H2,1H3,(H,24,29)(H,25,26,27,28). The molecule has 2 aromatic carbocycles. The summed E-state index contributed by atoms with van der Waals surface area (Å²) in [4.78, 5) is 24.0. The van der Waals surface area contributed by atoms with Crippen LogP contribution in [-0.2, 0) is 0 Å². The number of methoxy groups -OCH3 is 1. The molecule has 0 spiro atoms. The number of nitrogens with one attached hydrogen (secondary N) is 2. The molecule has 11 heteroatoms. The van der Waals surface area contributed by atoms with Crippen LogP contribution in [0.5, 0.6) is 5.75 Å². The molecule has 0 saturated carbocycles. The molecular formula is C19H15F4N5O2. The normalized spacial score (nSPS) is 11.1. The molecule has 1 heterocycles. The lowest BCUT2D eigenvalue weighted by molar-refractivity contribution is -0.123. The summed E-state index contributed by atoms with van der Waals surface area (Å²) in [5, 5.41) is 4.69. The first kappa shape index (κ1) is 21.0. The van der Waals surface area contributed by atoms with Gasteiger partial charge in [-0.25, -0.2) is 14.4 Å². The molecule has 0 aliphatic heterocycles. The Morgan fingerprint density at radius 3 is 2.50 bits per heavy atom. The molecule has 0 fully saturated rings. The van der Waals surface area contributed by atoms with Crippen molar-refractivity contribution >= 4 is 17.5 Å². The van der Waals surface area contributed by atoms with Crippen molar-refractivity contribution in [2.24, 2.45) is 0 Å². The Morgan fingerprint density at radius 2 is 1.83 bits per heavy atom. The van der Waals surface area contributed by atoms with Gasteiger partial charge in [0.15, 0.2) is 5.82 Å². The Hall–Kier alpha value is -3.76. The van der Waals surface area contributed by atoms with E-state index >= 15 is 0 Å². The highest BCUT2D eigenvalue weighted by molar-refractivity contribution is 5.94. The molecule has 0 bridgehead atoms. The fourth-order valence-corrected chi connectivity index (χ4v) is 2.45. The van der Waals surface area contributed by atoms with Gasteiger partial charge in [-0.1, -0.05) is 0 Å². The third-order valence-corrected chi connectivity index (χ3v) is 3.83. The number of carbonyl (C=O) groups excluding carboxylic acids is 1. The lowest BCUT2D eigenvalue weighted by atomic mass is 10.2. The maximum absolute atomic E-state index is 13.4. The highest BCUT2D eigenvalue weighted by Gasteiger charge is 2.27. The van der Waals surface area contributed by atoms with E-state index in [-0.39, 0.29) is 23.1 Å². The van der Waals surface area contributed by atoms with Gasteiger partial charge in [0.2, 0.25) is 5.95 Å². The Kier molecular flexibility index (Phi) is 6.09. The summed E-state index contributed by atoms with van der Waals surface area (Å²) in [5.41, 5.74) is 1.02. The number of anilines is 2. The Balaban J connectivity index is 1.73. The number of aromatic nitrogens is 3. The van der Waals surface area contributed by atoms with Gasteiger partial charge in [0.1, 0.15) is 24.4 Å². The second kappa shape index (κ2) is 8.72. The van der Waals surface area contributed by atoms with Crippen LogP contribution in [0.4, 0.5) is 29.2 Å². The molecule has 0 unspecified atom stereocenters. The molecule has 3 rings (SSSR count). The second-order valence-corrected chi connectivity index (χ2v) is 5.98. The second-order valence-electron chi connectivity index (χ2n) is 5.98. The molecule has 2 N–H and O–H groups in total. The van der Waals surface area contributed by atoms with Crippen LogP contribution in [0.15, 0.2) is 48.8 Å². The van der Waals surface area contributed by atoms with Gasteiger partial charge in [-0.05, 0) is 36.4 Å². The number of ether oxygens (including phenoxy) is 1. The monoisotopic (exact) mass is 421 g/mol. The minimum Gasteiger partial charge on any atom is -0.496 e. The van der Waals surface area contributed by atoms with Crippen molar-refractivity contribution in [3.8, 4) is 17.1 Å². The number of carbonyl (C=O) groups is 1.